The topological polar surface area (TPSA) is 84.4 Å². The van der Waals surface area contributed by atoms with Crippen LogP contribution in [-0.2, 0) is 7.05 Å². The molecule has 0 radical (unpaired) electrons. The lowest BCUT2D eigenvalue weighted by Gasteiger charge is -2.36. The third-order valence-electron chi connectivity index (χ3n) is 2.22. The maximum absolute atomic E-state index is 10.6. The third-order valence-corrected chi connectivity index (χ3v) is 2.22. The van der Waals surface area contributed by atoms with Crippen molar-refractivity contribution in [3.63, 3.8) is 0 Å². The Hall–Kier alpha value is -1.63. The van der Waals surface area contributed by atoms with E-state index < -0.39 is 4.92 Å². The van der Waals surface area contributed by atoms with E-state index in [1.807, 2.05) is 0 Å². The molecule has 0 atom stereocenters. The molecule has 0 amide bonds. The molecule has 14 heavy (non-hydrogen) atoms. The van der Waals surface area contributed by atoms with E-state index in [4.69, 9.17) is 5.11 Å². The molecule has 1 aliphatic heterocycles. The number of aliphatic hydroxyl groups is 1. The van der Waals surface area contributed by atoms with E-state index in [1.54, 1.807) is 16.5 Å². The van der Waals surface area contributed by atoms with E-state index in [0.717, 1.165) is 0 Å². The number of nitro groups is 1. The van der Waals surface area contributed by atoms with Crippen molar-refractivity contribution in [3.8, 4) is 0 Å². The van der Waals surface area contributed by atoms with Crippen LogP contribution in [-0.4, -0.2) is 38.8 Å². The van der Waals surface area contributed by atoms with Crippen LogP contribution >= 0.6 is 0 Å². The second-order valence-electron chi connectivity index (χ2n) is 3.32. The molecule has 0 spiro atoms. The highest BCUT2D eigenvalue weighted by molar-refractivity contribution is 5.56. The van der Waals surface area contributed by atoms with E-state index in [0.29, 0.717) is 18.9 Å². The summed E-state index contributed by atoms with van der Waals surface area (Å²) in [5.41, 5.74) is 0. The number of anilines is 1. The fourth-order valence-corrected chi connectivity index (χ4v) is 1.53. The minimum atomic E-state index is -0.514. The molecule has 7 heteroatoms. The summed E-state index contributed by atoms with van der Waals surface area (Å²) in [4.78, 5) is 15.5. The monoisotopic (exact) mass is 198 g/mol. The summed E-state index contributed by atoms with van der Waals surface area (Å²) in [6, 6.07) is 0. The van der Waals surface area contributed by atoms with Gasteiger partial charge in [0.15, 0.2) is 0 Å². The summed E-state index contributed by atoms with van der Waals surface area (Å²) in [5, 5.41) is 19.7. The Kier molecular flexibility index (Phi) is 1.88. The number of rotatable bonds is 2. The van der Waals surface area contributed by atoms with Gasteiger partial charge in [-0.25, -0.2) is 0 Å². The van der Waals surface area contributed by atoms with Gasteiger partial charge < -0.3 is 20.1 Å². The molecular weight excluding hydrogens is 188 g/mol. The lowest BCUT2D eigenvalue weighted by atomic mass is 10.2. The SMILES string of the molecule is Cn1cnc([N+](=O)[O-])c1N1CC(O)C1. The van der Waals surface area contributed by atoms with Crippen LogP contribution < -0.4 is 4.90 Å². The van der Waals surface area contributed by atoms with Gasteiger partial charge in [0, 0.05) is 20.1 Å². The number of aliphatic hydroxyl groups excluding tert-OH is 1. The molecule has 76 valence electrons. The van der Waals surface area contributed by atoms with Crippen molar-refractivity contribution in [3.05, 3.63) is 16.4 Å². The Morgan fingerprint density at radius 3 is 2.86 bits per heavy atom. The van der Waals surface area contributed by atoms with Crippen LogP contribution in [0.2, 0.25) is 0 Å². The van der Waals surface area contributed by atoms with Crippen LogP contribution in [0.15, 0.2) is 6.33 Å². The lowest BCUT2D eigenvalue weighted by molar-refractivity contribution is -0.388. The van der Waals surface area contributed by atoms with Gasteiger partial charge >= 0.3 is 5.82 Å². The second kappa shape index (κ2) is 2.95. The lowest BCUT2D eigenvalue weighted by Crippen LogP contribution is -2.51. The molecule has 0 aliphatic carbocycles. The van der Waals surface area contributed by atoms with Gasteiger partial charge in [0.1, 0.15) is 0 Å². The van der Waals surface area contributed by atoms with Gasteiger partial charge in [-0.1, -0.05) is 0 Å². The summed E-state index contributed by atoms with van der Waals surface area (Å²) in [5.74, 6) is 0.305. The molecule has 0 bridgehead atoms. The highest BCUT2D eigenvalue weighted by Gasteiger charge is 2.33. The van der Waals surface area contributed by atoms with E-state index in [2.05, 4.69) is 4.98 Å². The van der Waals surface area contributed by atoms with Crippen LogP contribution in [0.5, 0.6) is 0 Å². The first-order valence-electron chi connectivity index (χ1n) is 4.18. The van der Waals surface area contributed by atoms with E-state index >= 15 is 0 Å². The molecule has 1 aromatic rings. The quantitative estimate of drug-likeness (QED) is 0.512. The second-order valence-corrected chi connectivity index (χ2v) is 3.32. The number of β-amino-alcohol motifs (C(OH)–C–C–N with tert-alkyl or cyclic N) is 1. The van der Waals surface area contributed by atoms with Crippen LogP contribution in [0, 0.1) is 10.1 Å². The van der Waals surface area contributed by atoms with E-state index in [-0.39, 0.29) is 11.9 Å². The first-order valence-corrected chi connectivity index (χ1v) is 4.18. The first kappa shape index (κ1) is 8.95. The summed E-state index contributed by atoms with van der Waals surface area (Å²) < 4.78 is 1.59. The largest absolute Gasteiger partial charge is 0.406 e. The maximum atomic E-state index is 10.6. The molecule has 0 aromatic carbocycles. The minimum Gasteiger partial charge on any atom is -0.389 e. The van der Waals surface area contributed by atoms with Gasteiger partial charge in [0.25, 0.3) is 0 Å². The van der Waals surface area contributed by atoms with Crippen molar-refractivity contribution in [2.45, 2.75) is 6.10 Å². The highest BCUT2D eigenvalue weighted by atomic mass is 16.6. The molecule has 0 unspecified atom stereocenters. The maximum Gasteiger partial charge on any atom is 0.406 e. The van der Waals surface area contributed by atoms with E-state index in [9.17, 15) is 10.1 Å². The standard InChI is InChI=1S/C7H10N4O3/c1-9-4-8-6(11(13)14)7(9)10-2-5(12)3-10/h4-5,12H,2-3H2,1H3. The predicted molar refractivity (Wildman–Crippen MR) is 48.1 cm³/mol. The zero-order valence-corrected chi connectivity index (χ0v) is 7.62. The molecule has 7 nitrogen and oxygen atoms in total. The van der Waals surface area contributed by atoms with Crippen LogP contribution in [0.3, 0.4) is 0 Å². The van der Waals surface area contributed by atoms with Gasteiger partial charge in [-0.15, -0.1) is 0 Å². The van der Waals surface area contributed by atoms with Crippen molar-refractivity contribution >= 4 is 11.6 Å². The van der Waals surface area contributed by atoms with Crippen molar-refractivity contribution in [1.82, 2.24) is 9.55 Å². The van der Waals surface area contributed by atoms with Crippen LogP contribution in [0.4, 0.5) is 11.6 Å². The Balaban J connectivity index is 2.31. The van der Waals surface area contributed by atoms with Crippen LogP contribution in [0.1, 0.15) is 0 Å². The molecule has 1 aliphatic rings. The van der Waals surface area contributed by atoms with Gasteiger partial charge in [0.05, 0.1) is 6.10 Å². The normalized spacial score (nSPS) is 16.9. The Labute approximate surface area is 79.7 Å². The smallest absolute Gasteiger partial charge is 0.389 e. The number of hydrogen-bond acceptors (Lipinski definition) is 5. The number of aromatic nitrogens is 2. The molecule has 0 saturated carbocycles. The summed E-state index contributed by atoms with van der Waals surface area (Å²) in [6.07, 6.45) is 1.02. The average Bonchev–Trinajstić information content (AvgIpc) is 2.41. The first-order chi connectivity index (χ1) is 6.59. The van der Waals surface area contributed by atoms with Gasteiger partial charge in [-0.05, 0) is 9.91 Å². The molecule has 2 heterocycles. The molecule has 1 saturated heterocycles. The van der Waals surface area contributed by atoms with Crippen molar-refractivity contribution in [1.29, 1.82) is 0 Å². The predicted octanol–water partition coefficient (Wildman–Crippen LogP) is -0.491. The number of hydrogen-bond donors (Lipinski definition) is 1. The Morgan fingerprint density at radius 1 is 1.71 bits per heavy atom. The number of nitrogens with zero attached hydrogens (tertiary/aromatic N) is 4. The average molecular weight is 198 g/mol. The zero-order chi connectivity index (χ0) is 10.3. The summed E-state index contributed by atoms with van der Waals surface area (Å²) in [7, 11) is 1.69. The van der Waals surface area contributed by atoms with Crippen molar-refractivity contribution < 1.29 is 10.0 Å². The molecule has 1 N–H and O–H groups in total. The molecule has 1 fully saturated rings. The fourth-order valence-electron chi connectivity index (χ4n) is 1.53. The highest BCUT2D eigenvalue weighted by Crippen LogP contribution is 2.29. The van der Waals surface area contributed by atoms with E-state index in [1.165, 1.54) is 6.33 Å². The molecular formula is C7H10N4O3. The summed E-state index contributed by atoms with van der Waals surface area (Å²) in [6.45, 7) is 0.862. The van der Waals surface area contributed by atoms with Gasteiger partial charge in [0.2, 0.25) is 12.1 Å². The van der Waals surface area contributed by atoms with Gasteiger partial charge in [-0.3, -0.25) is 4.57 Å². The van der Waals surface area contributed by atoms with Crippen LogP contribution in [0.25, 0.3) is 0 Å². The van der Waals surface area contributed by atoms with Gasteiger partial charge in [-0.2, -0.15) is 0 Å². The Bertz CT molecular complexity index is 369. The minimum absolute atomic E-state index is 0.153. The zero-order valence-electron chi connectivity index (χ0n) is 7.62. The molecule has 1 aromatic heterocycles. The summed E-state index contributed by atoms with van der Waals surface area (Å²) >= 11 is 0. The Morgan fingerprint density at radius 2 is 2.36 bits per heavy atom. The fraction of sp³-hybridized carbons (Fsp3) is 0.571. The molecule has 2 rings (SSSR count). The van der Waals surface area contributed by atoms with Crippen molar-refractivity contribution in [2.24, 2.45) is 7.05 Å². The number of aryl methyl sites for hydroxylation is 1. The number of imidazole rings is 1. The third kappa shape index (κ3) is 1.22. The van der Waals surface area contributed by atoms with Crippen molar-refractivity contribution in [2.75, 3.05) is 18.0 Å².